The molecule has 1 saturated carbocycles. The van der Waals surface area contributed by atoms with Gasteiger partial charge in [0.1, 0.15) is 6.07 Å². The molecule has 1 amide bonds. The smallest absolute Gasteiger partial charge is 0.241 e. The molecule has 1 aliphatic heterocycles. The summed E-state index contributed by atoms with van der Waals surface area (Å²) in [5.41, 5.74) is 1.06. The summed E-state index contributed by atoms with van der Waals surface area (Å²) in [4.78, 5) is 12.3. The zero-order valence-corrected chi connectivity index (χ0v) is 12.5. The van der Waals surface area contributed by atoms with Gasteiger partial charge in [0.15, 0.2) is 0 Å². The number of anilines is 1. The lowest BCUT2D eigenvalue weighted by Gasteiger charge is -2.24. The first kappa shape index (κ1) is 14.4. The van der Waals surface area contributed by atoms with Crippen LogP contribution in [0.25, 0.3) is 0 Å². The molecule has 1 heterocycles. The van der Waals surface area contributed by atoms with Crippen molar-refractivity contribution in [2.24, 2.45) is 5.92 Å². The minimum absolute atomic E-state index is 0.00910. The summed E-state index contributed by atoms with van der Waals surface area (Å²) in [6.45, 7) is 0. The maximum atomic E-state index is 12.3. The summed E-state index contributed by atoms with van der Waals surface area (Å²) in [5.74, 6) is 0.629. The average Bonchev–Trinajstić information content (AvgIpc) is 2.91. The monoisotopic (exact) mass is 303 g/mol. The molecule has 1 saturated heterocycles. The largest absolute Gasteiger partial charge is 0.325 e. The van der Waals surface area contributed by atoms with E-state index in [4.69, 9.17) is 16.9 Å². The Morgan fingerprint density at radius 2 is 2.19 bits per heavy atom. The van der Waals surface area contributed by atoms with E-state index in [1.165, 1.54) is 25.7 Å². The average molecular weight is 304 g/mol. The normalized spacial score (nSPS) is 27.7. The Bertz CT molecular complexity index is 582. The summed E-state index contributed by atoms with van der Waals surface area (Å²) in [6, 6.07) is 7.35. The number of carbonyl (C=O) groups excluding carboxylic acids is 1. The maximum Gasteiger partial charge on any atom is 0.241 e. The molecule has 0 bridgehead atoms. The van der Waals surface area contributed by atoms with Gasteiger partial charge in [-0.15, -0.1) is 0 Å². The molecule has 2 fully saturated rings. The molecule has 4 nitrogen and oxygen atoms in total. The Kier molecular flexibility index (Phi) is 4.14. The quantitative estimate of drug-likeness (QED) is 0.882. The lowest BCUT2D eigenvalue weighted by Crippen LogP contribution is -2.39. The highest BCUT2D eigenvalue weighted by atomic mass is 35.5. The molecule has 0 radical (unpaired) electrons. The Morgan fingerprint density at radius 3 is 2.90 bits per heavy atom. The Morgan fingerprint density at radius 1 is 1.38 bits per heavy atom. The third kappa shape index (κ3) is 3.04. The van der Waals surface area contributed by atoms with Crippen LogP contribution in [0, 0.1) is 17.2 Å². The van der Waals surface area contributed by atoms with E-state index in [2.05, 4.69) is 10.6 Å². The Hall–Kier alpha value is -1.57. The van der Waals surface area contributed by atoms with Gasteiger partial charge in [0.2, 0.25) is 5.91 Å². The first-order valence-corrected chi connectivity index (χ1v) is 7.82. The van der Waals surface area contributed by atoms with Crippen LogP contribution in [0.3, 0.4) is 0 Å². The van der Waals surface area contributed by atoms with E-state index in [0.717, 1.165) is 6.42 Å². The van der Waals surface area contributed by atoms with E-state index in [1.54, 1.807) is 18.2 Å². The molecule has 0 spiro atoms. The Balaban J connectivity index is 1.64. The van der Waals surface area contributed by atoms with E-state index in [9.17, 15) is 4.79 Å². The number of hydrogen-bond donors (Lipinski definition) is 2. The second-order valence-corrected chi connectivity index (χ2v) is 6.31. The van der Waals surface area contributed by atoms with Crippen LogP contribution >= 0.6 is 11.6 Å². The summed E-state index contributed by atoms with van der Waals surface area (Å²) in [7, 11) is 0. The number of amides is 1. The third-order valence-electron chi connectivity index (χ3n) is 4.54. The maximum absolute atomic E-state index is 12.3. The van der Waals surface area contributed by atoms with E-state index < -0.39 is 0 Å². The van der Waals surface area contributed by atoms with Crippen molar-refractivity contribution in [3.8, 4) is 6.07 Å². The number of nitrogens with zero attached hydrogens (tertiary/aromatic N) is 1. The molecule has 0 aromatic heterocycles. The zero-order chi connectivity index (χ0) is 14.8. The van der Waals surface area contributed by atoms with Gasteiger partial charge in [-0.2, -0.15) is 5.26 Å². The van der Waals surface area contributed by atoms with E-state index >= 15 is 0 Å². The van der Waals surface area contributed by atoms with Gasteiger partial charge in [-0.25, -0.2) is 0 Å². The van der Waals surface area contributed by atoms with E-state index in [0.29, 0.717) is 28.2 Å². The zero-order valence-electron chi connectivity index (χ0n) is 11.7. The van der Waals surface area contributed by atoms with Crippen molar-refractivity contribution in [2.75, 3.05) is 5.32 Å². The van der Waals surface area contributed by atoms with Crippen molar-refractivity contribution in [1.29, 1.82) is 5.26 Å². The van der Waals surface area contributed by atoms with Crippen LogP contribution in [0.2, 0.25) is 5.02 Å². The molecule has 21 heavy (non-hydrogen) atoms. The summed E-state index contributed by atoms with van der Waals surface area (Å²) < 4.78 is 0. The number of hydrogen-bond acceptors (Lipinski definition) is 3. The predicted molar refractivity (Wildman–Crippen MR) is 82.1 cm³/mol. The van der Waals surface area contributed by atoms with Gasteiger partial charge >= 0.3 is 0 Å². The lowest BCUT2D eigenvalue weighted by atomic mass is 9.85. The van der Waals surface area contributed by atoms with Gasteiger partial charge in [0, 0.05) is 11.7 Å². The fourth-order valence-corrected chi connectivity index (χ4v) is 3.66. The van der Waals surface area contributed by atoms with Crippen LogP contribution in [0.4, 0.5) is 5.69 Å². The highest BCUT2D eigenvalue weighted by molar-refractivity contribution is 6.32. The van der Waals surface area contributed by atoms with Crippen LogP contribution in [-0.2, 0) is 4.79 Å². The highest BCUT2D eigenvalue weighted by Crippen LogP contribution is 2.33. The molecular weight excluding hydrogens is 286 g/mol. The number of fused-ring (bicyclic) bond motifs is 1. The summed E-state index contributed by atoms with van der Waals surface area (Å²) in [5, 5.41) is 15.6. The number of carbonyl (C=O) groups is 1. The number of rotatable bonds is 2. The number of nitriles is 1. The summed E-state index contributed by atoms with van der Waals surface area (Å²) >= 11 is 5.98. The molecule has 5 heteroatoms. The van der Waals surface area contributed by atoms with Crippen LogP contribution < -0.4 is 10.6 Å². The van der Waals surface area contributed by atoms with Crippen molar-refractivity contribution in [2.45, 2.75) is 44.2 Å². The summed E-state index contributed by atoms with van der Waals surface area (Å²) in [6.07, 6.45) is 5.86. The molecule has 1 aliphatic carbocycles. The van der Waals surface area contributed by atoms with Gasteiger partial charge in [-0.05, 0) is 43.4 Å². The number of nitrogens with one attached hydrogen (secondary N) is 2. The molecule has 3 rings (SSSR count). The van der Waals surface area contributed by atoms with Crippen molar-refractivity contribution in [1.82, 2.24) is 5.32 Å². The molecule has 3 atom stereocenters. The van der Waals surface area contributed by atoms with Gasteiger partial charge < -0.3 is 10.6 Å². The van der Waals surface area contributed by atoms with Gasteiger partial charge in [-0.3, -0.25) is 4.79 Å². The fraction of sp³-hybridized carbons (Fsp3) is 0.500. The van der Waals surface area contributed by atoms with E-state index in [-0.39, 0.29) is 11.9 Å². The second-order valence-electron chi connectivity index (χ2n) is 5.90. The molecule has 1 aromatic carbocycles. The standard InChI is InChI=1S/C16H18ClN3O/c17-13-8-12(6-5-11(13)9-18)19-16(21)15-7-10-3-1-2-4-14(10)20-15/h5-6,8,10,14-15,20H,1-4,7H2,(H,19,21). The predicted octanol–water partition coefficient (Wildman–Crippen LogP) is 3.07. The fourth-order valence-electron chi connectivity index (χ4n) is 3.43. The van der Waals surface area contributed by atoms with Crippen LogP contribution in [0.1, 0.15) is 37.7 Å². The second kappa shape index (κ2) is 6.05. The molecule has 110 valence electrons. The van der Waals surface area contributed by atoms with E-state index in [1.807, 2.05) is 6.07 Å². The molecular formula is C16H18ClN3O. The van der Waals surface area contributed by atoms with Crippen molar-refractivity contribution < 1.29 is 4.79 Å². The first-order valence-electron chi connectivity index (χ1n) is 7.44. The van der Waals surface area contributed by atoms with Crippen LogP contribution in [0.15, 0.2) is 18.2 Å². The highest BCUT2D eigenvalue weighted by Gasteiger charge is 2.38. The number of benzene rings is 1. The molecule has 2 aliphatic rings. The van der Waals surface area contributed by atoms with Crippen LogP contribution in [0.5, 0.6) is 0 Å². The van der Waals surface area contributed by atoms with Gasteiger partial charge in [-0.1, -0.05) is 24.4 Å². The van der Waals surface area contributed by atoms with Crippen molar-refractivity contribution >= 4 is 23.2 Å². The lowest BCUT2D eigenvalue weighted by molar-refractivity contribution is -0.117. The van der Waals surface area contributed by atoms with Gasteiger partial charge in [0.05, 0.1) is 16.6 Å². The Labute approximate surface area is 129 Å². The SMILES string of the molecule is N#Cc1ccc(NC(=O)C2CC3CCCCC3N2)cc1Cl. The van der Waals surface area contributed by atoms with Gasteiger partial charge in [0.25, 0.3) is 0 Å². The molecule has 1 aromatic rings. The minimum atomic E-state index is -0.118. The minimum Gasteiger partial charge on any atom is -0.325 e. The topological polar surface area (TPSA) is 64.9 Å². The third-order valence-corrected chi connectivity index (χ3v) is 4.85. The number of halogens is 1. The van der Waals surface area contributed by atoms with Crippen molar-refractivity contribution in [3.63, 3.8) is 0 Å². The first-order chi connectivity index (χ1) is 10.2. The van der Waals surface area contributed by atoms with Crippen molar-refractivity contribution in [3.05, 3.63) is 28.8 Å². The van der Waals surface area contributed by atoms with Crippen LogP contribution in [-0.4, -0.2) is 18.0 Å². The molecule has 2 N–H and O–H groups in total. The molecule has 3 unspecified atom stereocenters.